The minimum Gasteiger partial charge on any atom is -0.379 e. The Kier molecular flexibility index (Phi) is 3.50. The van der Waals surface area contributed by atoms with Gasteiger partial charge in [0.25, 0.3) is 11.7 Å². The summed E-state index contributed by atoms with van der Waals surface area (Å²) in [6.07, 6.45) is 0. The van der Waals surface area contributed by atoms with Crippen molar-refractivity contribution in [2.45, 2.75) is 0 Å². The van der Waals surface area contributed by atoms with Gasteiger partial charge in [-0.15, -0.1) is 0 Å². The van der Waals surface area contributed by atoms with Crippen LogP contribution in [0.15, 0.2) is 18.2 Å². The number of ether oxygens (including phenoxy) is 1. The number of benzene rings is 1. The van der Waals surface area contributed by atoms with Crippen molar-refractivity contribution in [2.75, 3.05) is 44.3 Å². The Morgan fingerprint density at radius 2 is 1.90 bits per heavy atom. The van der Waals surface area contributed by atoms with Crippen molar-refractivity contribution < 1.29 is 18.7 Å². The van der Waals surface area contributed by atoms with Crippen molar-refractivity contribution >= 4 is 17.4 Å². The topological polar surface area (TPSA) is 49.9 Å². The highest BCUT2D eigenvalue weighted by atomic mass is 19.1. The second-order valence-corrected chi connectivity index (χ2v) is 4.88. The summed E-state index contributed by atoms with van der Waals surface area (Å²) in [6, 6.07) is 4.21. The van der Waals surface area contributed by atoms with Crippen LogP contribution in [0.25, 0.3) is 0 Å². The van der Waals surface area contributed by atoms with E-state index in [1.807, 2.05) is 0 Å². The largest absolute Gasteiger partial charge is 0.379 e. The summed E-state index contributed by atoms with van der Waals surface area (Å²) in [6.45, 7) is 3.84. The standard InChI is InChI=1S/C14H15FN2O3/c15-11-3-1-2-10-12(11)17(14(19)13(10)18)5-4-16-6-8-20-9-7-16/h1-3H,4-9H2. The molecular weight excluding hydrogens is 263 g/mol. The number of anilines is 1. The molecule has 1 amide bonds. The molecule has 0 bridgehead atoms. The van der Waals surface area contributed by atoms with E-state index in [-0.39, 0.29) is 11.3 Å². The lowest BCUT2D eigenvalue weighted by molar-refractivity contribution is -0.114. The summed E-state index contributed by atoms with van der Waals surface area (Å²) in [7, 11) is 0. The van der Waals surface area contributed by atoms with E-state index in [1.165, 1.54) is 23.1 Å². The third kappa shape index (κ3) is 2.21. The smallest absolute Gasteiger partial charge is 0.299 e. The molecule has 6 heteroatoms. The van der Waals surface area contributed by atoms with Crippen LogP contribution >= 0.6 is 0 Å². The molecule has 1 saturated heterocycles. The van der Waals surface area contributed by atoms with Crippen molar-refractivity contribution in [1.29, 1.82) is 0 Å². The number of carbonyl (C=O) groups excluding carboxylic acids is 2. The fraction of sp³-hybridized carbons (Fsp3) is 0.429. The average Bonchev–Trinajstić information content (AvgIpc) is 2.72. The number of nitrogens with zero attached hydrogens (tertiary/aromatic N) is 2. The molecule has 5 nitrogen and oxygen atoms in total. The van der Waals surface area contributed by atoms with E-state index >= 15 is 0 Å². The Morgan fingerprint density at radius 3 is 2.65 bits per heavy atom. The van der Waals surface area contributed by atoms with Crippen LogP contribution in [-0.4, -0.2) is 56.0 Å². The number of hydrogen-bond donors (Lipinski definition) is 0. The number of rotatable bonds is 3. The average molecular weight is 278 g/mol. The van der Waals surface area contributed by atoms with Crippen molar-refractivity contribution in [1.82, 2.24) is 4.90 Å². The van der Waals surface area contributed by atoms with E-state index in [0.717, 1.165) is 13.1 Å². The number of fused-ring (bicyclic) bond motifs is 1. The zero-order chi connectivity index (χ0) is 14.1. The minimum atomic E-state index is -0.640. The van der Waals surface area contributed by atoms with Crippen molar-refractivity contribution in [2.24, 2.45) is 0 Å². The van der Waals surface area contributed by atoms with Gasteiger partial charge in [0, 0.05) is 26.2 Å². The van der Waals surface area contributed by atoms with Crippen LogP contribution in [0, 0.1) is 5.82 Å². The molecule has 0 N–H and O–H groups in total. The number of amides is 1. The zero-order valence-electron chi connectivity index (χ0n) is 11.0. The van der Waals surface area contributed by atoms with Crippen molar-refractivity contribution in [3.63, 3.8) is 0 Å². The molecule has 2 aliphatic rings. The Bertz CT molecular complexity index is 555. The molecule has 106 valence electrons. The summed E-state index contributed by atoms with van der Waals surface area (Å²) in [5.41, 5.74) is 0.285. The van der Waals surface area contributed by atoms with Crippen LogP contribution in [-0.2, 0) is 9.53 Å². The van der Waals surface area contributed by atoms with Crippen LogP contribution in [0.5, 0.6) is 0 Å². The van der Waals surface area contributed by atoms with Crippen LogP contribution < -0.4 is 4.90 Å². The molecule has 1 aromatic rings. The number of morpholine rings is 1. The van der Waals surface area contributed by atoms with Gasteiger partial charge in [-0.05, 0) is 12.1 Å². The SMILES string of the molecule is O=C1C(=O)N(CCN2CCOCC2)c2c(F)cccc21. The minimum absolute atomic E-state index is 0.121. The van der Waals surface area contributed by atoms with E-state index in [4.69, 9.17) is 4.74 Å². The van der Waals surface area contributed by atoms with Gasteiger partial charge in [0.2, 0.25) is 0 Å². The zero-order valence-corrected chi connectivity index (χ0v) is 11.0. The molecule has 0 aliphatic carbocycles. The lowest BCUT2D eigenvalue weighted by Crippen LogP contribution is -2.43. The van der Waals surface area contributed by atoms with E-state index in [1.54, 1.807) is 0 Å². The summed E-state index contributed by atoms with van der Waals surface area (Å²) in [4.78, 5) is 27.2. The first-order valence-electron chi connectivity index (χ1n) is 6.63. The van der Waals surface area contributed by atoms with Gasteiger partial charge in [-0.2, -0.15) is 0 Å². The first kappa shape index (κ1) is 13.2. The first-order valence-corrected chi connectivity index (χ1v) is 6.63. The third-order valence-corrected chi connectivity index (χ3v) is 3.68. The fourth-order valence-corrected chi connectivity index (χ4v) is 2.59. The summed E-state index contributed by atoms with van der Waals surface area (Å²) < 4.78 is 19.1. The number of ketones is 1. The van der Waals surface area contributed by atoms with E-state index < -0.39 is 17.5 Å². The van der Waals surface area contributed by atoms with Gasteiger partial charge < -0.3 is 9.64 Å². The van der Waals surface area contributed by atoms with Gasteiger partial charge in [-0.25, -0.2) is 4.39 Å². The highest BCUT2D eigenvalue weighted by molar-refractivity contribution is 6.52. The summed E-state index contributed by atoms with van der Waals surface area (Å²) in [5.74, 6) is -1.79. The lowest BCUT2D eigenvalue weighted by atomic mass is 10.1. The van der Waals surface area contributed by atoms with Crippen LogP contribution in [0.2, 0.25) is 0 Å². The molecule has 0 atom stereocenters. The molecule has 1 fully saturated rings. The van der Waals surface area contributed by atoms with Crippen LogP contribution in [0.3, 0.4) is 0 Å². The molecule has 0 spiro atoms. The molecule has 2 heterocycles. The molecule has 3 rings (SSSR count). The van der Waals surface area contributed by atoms with Gasteiger partial charge in [0.05, 0.1) is 24.5 Å². The van der Waals surface area contributed by atoms with Gasteiger partial charge in [0.15, 0.2) is 0 Å². The molecule has 20 heavy (non-hydrogen) atoms. The number of halogens is 1. The van der Waals surface area contributed by atoms with E-state index in [9.17, 15) is 14.0 Å². The predicted octanol–water partition coefficient (Wildman–Crippen LogP) is 0.687. The molecule has 0 saturated carbocycles. The van der Waals surface area contributed by atoms with Crippen molar-refractivity contribution in [3.05, 3.63) is 29.6 Å². The summed E-state index contributed by atoms with van der Waals surface area (Å²) >= 11 is 0. The highest BCUT2D eigenvalue weighted by Gasteiger charge is 2.37. The fourth-order valence-electron chi connectivity index (χ4n) is 2.59. The number of hydrogen-bond acceptors (Lipinski definition) is 4. The Morgan fingerprint density at radius 1 is 1.15 bits per heavy atom. The molecule has 0 unspecified atom stereocenters. The normalized spacial score (nSPS) is 19.6. The molecule has 0 radical (unpaired) electrons. The maximum absolute atomic E-state index is 13.9. The number of para-hydroxylation sites is 1. The second kappa shape index (κ2) is 5.30. The highest BCUT2D eigenvalue weighted by Crippen LogP contribution is 2.31. The quantitative estimate of drug-likeness (QED) is 0.763. The van der Waals surface area contributed by atoms with Gasteiger partial charge in [-0.1, -0.05) is 6.07 Å². The lowest BCUT2D eigenvalue weighted by Gasteiger charge is -2.28. The number of carbonyl (C=O) groups is 2. The Labute approximate surface area is 115 Å². The van der Waals surface area contributed by atoms with E-state index in [2.05, 4.69) is 4.90 Å². The van der Waals surface area contributed by atoms with Crippen LogP contribution in [0.1, 0.15) is 10.4 Å². The monoisotopic (exact) mass is 278 g/mol. The predicted molar refractivity (Wildman–Crippen MR) is 70.3 cm³/mol. The van der Waals surface area contributed by atoms with Gasteiger partial charge in [-0.3, -0.25) is 14.5 Å². The van der Waals surface area contributed by atoms with Crippen molar-refractivity contribution in [3.8, 4) is 0 Å². The number of Topliss-reactive ketones (excluding diaryl/α,β-unsaturated/α-hetero) is 1. The molecule has 2 aliphatic heterocycles. The molecular formula is C14H15FN2O3. The first-order chi connectivity index (χ1) is 9.68. The van der Waals surface area contributed by atoms with E-state index in [0.29, 0.717) is 26.3 Å². The molecule has 0 aromatic heterocycles. The van der Waals surface area contributed by atoms with Gasteiger partial charge in [0.1, 0.15) is 5.82 Å². The second-order valence-electron chi connectivity index (χ2n) is 4.88. The maximum Gasteiger partial charge on any atom is 0.299 e. The van der Waals surface area contributed by atoms with Crippen LogP contribution in [0.4, 0.5) is 10.1 Å². The maximum atomic E-state index is 13.9. The molecule has 1 aromatic carbocycles. The summed E-state index contributed by atoms with van der Waals surface area (Å²) in [5, 5.41) is 0. The Balaban J connectivity index is 1.77. The third-order valence-electron chi connectivity index (χ3n) is 3.68. The Hall–Kier alpha value is -1.79. The van der Waals surface area contributed by atoms with Gasteiger partial charge >= 0.3 is 0 Å².